The van der Waals surface area contributed by atoms with E-state index in [1.807, 2.05) is 0 Å². The molecule has 2 N–H and O–H groups in total. The summed E-state index contributed by atoms with van der Waals surface area (Å²) in [6, 6.07) is 1.16. The maximum absolute atomic E-state index is 5.57. The van der Waals surface area contributed by atoms with Gasteiger partial charge < -0.3 is 19.6 Å². The lowest BCUT2D eigenvalue weighted by atomic mass is 10.2. The van der Waals surface area contributed by atoms with Gasteiger partial charge in [-0.3, -0.25) is 0 Å². The van der Waals surface area contributed by atoms with Gasteiger partial charge in [-0.15, -0.1) is 0 Å². The fraction of sp³-hybridized carbons (Fsp3) is 1.00. The summed E-state index contributed by atoms with van der Waals surface area (Å²) in [5.74, 6) is -0.833. The summed E-state index contributed by atoms with van der Waals surface area (Å²) in [5, 5.41) is 0. The highest BCUT2D eigenvalue weighted by atomic mass is 28.2. The molecule has 0 bridgehead atoms. The Morgan fingerprint density at radius 1 is 1.14 bits per heavy atom. The zero-order chi connectivity index (χ0) is 10.9. The van der Waals surface area contributed by atoms with Crippen molar-refractivity contribution in [2.24, 2.45) is 5.73 Å². The molecule has 0 atom stereocenters. The minimum Gasteiger partial charge on any atom is -0.376 e. The zero-order valence-corrected chi connectivity index (χ0v) is 11.0. The molecule has 0 saturated heterocycles. The van der Waals surface area contributed by atoms with Gasteiger partial charge in [0.15, 0.2) is 9.76 Å². The second-order valence-corrected chi connectivity index (χ2v) is 4.73. The Morgan fingerprint density at radius 3 is 2.29 bits per heavy atom. The van der Waals surface area contributed by atoms with Crippen molar-refractivity contribution in [1.82, 2.24) is 0 Å². The van der Waals surface area contributed by atoms with E-state index in [2.05, 4.69) is 0 Å². The zero-order valence-electron chi connectivity index (χ0n) is 9.54. The third-order valence-electron chi connectivity index (χ3n) is 2.20. The molecule has 86 valence electrons. The molecule has 0 fully saturated rings. The minimum absolute atomic E-state index is 0.534. The predicted molar refractivity (Wildman–Crippen MR) is 59.8 cm³/mol. The van der Waals surface area contributed by atoms with E-state index >= 15 is 0 Å². The van der Waals surface area contributed by atoms with Gasteiger partial charge in [0, 0.05) is 21.1 Å². The first-order valence-electron chi connectivity index (χ1n) is 5.13. The maximum Gasteiger partial charge on any atom is 0.269 e. The van der Waals surface area contributed by atoms with Gasteiger partial charge in [-0.2, -0.15) is 0 Å². The van der Waals surface area contributed by atoms with Crippen LogP contribution in [0.2, 0.25) is 6.04 Å². The lowest BCUT2D eigenvalue weighted by Crippen LogP contribution is -2.34. The van der Waals surface area contributed by atoms with E-state index in [1.54, 1.807) is 21.1 Å². The Labute approximate surface area is 89.0 Å². The van der Waals surface area contributed by atoms with Crippen molar-refractivity contribution >= 4 is 9.76 Å². The second kappa shape index (κ2) is 8.37. The summed E-state index contributed by atoms with van der Waals surface area (Å²) < 4.78 is 15.7. The van der Waals surface area contributed by atoms with Gasteiger partial charge in [0.2, 0.25) is 0 Å². The summed E-state index contributed by atoms with van der Waals surface area (Å²) in [6.45, 7) is 2.58. The van der Waals surface area contributed by atoms with Crippen LogP contribution in [0, 0.1) is 0 Å². The van der Waals surface area contributed by atoms with Crippen molar-refractivity contribution in [2.75, 3.05) is 20.8 Å². The fourth-order valence-corrected chi connectivity index (χ4v) is 2.37. The van der Waals surface area contributed by atoms with Crippen LogP contribution in [0.4, 0.5) is 0 Å². The molecule has 0 spiro atoms. The van der Waals surface area contributed by atoms with E-state index in [4.69, 9.17) is 19.6 Å². The Kier molecular flexibility index (Phi) is 8.41. The molecule has 0 aliphatic heterocycles. The lowest BCUT2D eigenvalue weighted by Gasteiger charge is -2.26. The standard InChI is InChI=1S/C9H23NO3Si/c1-9(11-2,12-3)13-14-8-6-4-5-7-10/h4-8,10,14H2,1-3H3. The summed E-state index contributed by atoms with van der Waals surface area (Å²) in [4.78, 5) is 0. The molecule has 0 saturated carbocycles. The first-order chi connectivity index (χ1) is 6.68. The van der Waals surface area contributed by atoms with E-state index in [0.29, 0.717) is 0 Å². The fourth-order valence-electron chi connectivity index (χ4n) is 1.06. The molecule has 0 radical (unpaired) electrons. The first kappa shape index (κ1) is 14.1. The monoisotopic (exact) mass is 221 g/mol. The topological polar surface area (TPSA) is 53.7 Å². The molecule has 0 aromatic rings. The Hall–Kier alpha value is 0.0569. The van der Waals surface area contributed by atoms with Crippen LogP contribution in [-0.2, 0) is 13.9 Å². The molecule has 5 heteroatoms. The van der Waals surface area contributed by atoms with Crippen LogP contribution in [0.3, 0.4) is 0 Å². The van der Waals surface area contributed by atoms with E-state index in [9.17, 15) is 0 Å². The molecule has 0 aromatic heterocycles. The number of rotatable bonds is 9. The molecule has 0 aliphatic carbocycles. The summed E-state index contributed by atoms with van der Waals surface area (Å²) in [7, 11) is 2.65. The average Bonchev–Trinajstić information content (AvgIpc) is 2.23. The molecule has 0 aromatic carbocycles. The van der Waals surface area contributed by atoms with Gasteiger partial charge in [0.25, 0.3) is 5.97 Å². The molecule has 4 nitrogen and oxygen atoms in total. The van der Waals surface area contributed by atoms with E-state index in [1.165, 1.54) is 12.8 Å². The van der Waals surface area contributed by atoms with Crippen LogP contribution in [-0.4, -0.2) is 36.5 Å². The third-order valence-corrected chi connectivity index (χ3v) is 3.72. The summed E-state index contributed by atoms with van der Waals surface area (Å²) in [6.07, 6.45) is 3.51. The van der Waals surface area contributed by atoms with Gasteiger partial charge in [0.1, 0.15) is 0 Å². The van der Waals surface area contributed by atoms with E-state index in [0.717, 1.165) is 19.0 Å². The highest BCUT2D eigenvalue weighted by molar-refractivity contribution is 6.27. The molecule has 0 rings (SSSR count). The molecule has 0 aliphatic rings. The van der Waals surface area contributed by atoms with Crippen molar-refractivity contribution in [3.8, 4) is 0 Å². The van der Waals surface area contributed by atoms with Gasteiger partial charge >= 0.3 is 0 Å². The number of ether oxygens (including phenoxy) is 2. The van der Waals surface area contributed by atoms with Crippen molar-refractivity contribution < 1.29 is 13.9 Å². The Bertz CT molecular complexity index is 131. The summed E-state index contributed by atoms with van der Waals surface area (Å²) >= 11 is 0. The number of nitrogens with two attached hydrogens (primary N) is 1. The van der Waals surface area contributed by atoms with Crippen LogP contribution < -0.4 is 5.73 Å². The van der Waals surface area contributed by atoms with Gasteiger partial charge in [-0.05, 0) is 19.0 Å². The predicted octanol–water partition coefficient (Wildman–Crippen LogP) is 0.601. The Balaban J connectivity index is 3.34. The van der Waals surface area contributed by atoms with Crippen LogP contribution in [0.25, 0.3) is 0 Å². The van der Waals surface area contributed by atoms with Crippen molar-refractivity contribution in [3.05, 3.63) is 0 Å². The Morgan fingerprint density at radius 2 is 1.79 bits per heavy atom. The number of unbranched alkanes of at least 4 members (excludes halogenated alkanes) is 2. The number of hydrogen-bond donors (Lipinski definition) is 1. The molecule has 0 unspecified atom stereocenters. The molecule has 14 heavy (non-hydrogen) atoms. The number of hydrogen-bond acceptors (Lipinski definition) is 4. The molecular formula is C9H23NO3Si. The average molecular weight is 221 g/mol. The summed E-state index contributed by atoms with van der Waals surface area (Å²) in [5.41, 5.74) is 5.40. The minimum atomic E-state index is -0.833. The maximum atomic E-state index is 5.57. The van der Waals surface area contributed by atoms with Crippen molar-refractivity contribution in [2.45, 2.75) is 38.2 Å². The largest absolute Gasteiger partial charge is 0.376 e. The van der Waals surface area contributed by atoms with E-state index < -0.39 is 15.7 Å². The third kappa shape index (κ3) is 6.50. The smallest absolute Gasteiger partial charge is 0.269 e. The van der Waals surface area contributed by atoms with Crippen LogP contribution in [0.1, 0.15) is 26.2 Å². The molecule has 0 amide bonds. The van der Waals surface area contributed by atoms with Crippen LogP contribution in [0.5, 0.6) is 0 Å². The highest BCUT2D eigenvalue weighted by Gasteiger charge is 2.22. The van der Waals surface area contributed by atoms with Gasteiger partial charge in [0.05, 0.1) is 0 Å². The quantitative estimate of drug-likeness (QED) is 0.352. The first-order valence-corrected chi connectivity index (χ1v) is 6.70. The second-order valence-electron chi connectivity index (χ2n) is 3.32. The van der Waals surface area contributed by atoms with E-state index in [-0.39, 0.29) is 0 Å². The normalized spacial score (nSPS) is 12.9. The van der Waals surface area contributed by atoms with Crippen molar-refractivity contribution in [3.63, 3.8) is 0 Å². The molecular weight excluding hydrogens is 198 g/mol. The van der Waals surface area contributed by atoms with Gasteiger partial charge in [-0.25, -0.2) is 0 Å². The van der Waals surface area contributed by atoms with Gasteiger partial charge in [-0.1, -0.05) is 12.8 Å². The van der Waals surface area contributed by atoms with Crippen LogP contribution in [0.15, 0.2) is 0 Å². The highest BCUT2D eigenvalue weighted by Crippen LogP contribution is 2.11. The van der Waals surface area contributed by atoms with Crippen LogP contribution >= 0.6 is 0 Å². The van der Waals surface area contributed by atoms with Crippen molar-refractivity contribution in [1.29, 1.82) is 0 Å². The lowest BCUT2D eigenvalue weighted by molar-refractivity contribution is -0.310. The number of methoxy groups -OCH3 is 2. The molecule has 0 heterocycles. The SMILES string of the molecule is COC(C)(OC)O[SiH2]CCCCCN.